The van der Waals surface area contributed by atoms with Crippen LogP contribution in [-0.2, 0) is 17.6 Å². The van der Waals surface area contributed by atoms with Crippen LogP contribution in [0.2, 0.25) is 0 Å². The molecular formula is C12H13NO2. The second kappa shape index (κ2) is 4.61. The van der Waals surface area contributed by atoms with Crippen LogP contribution < -0.4 is 0 Å². The number of hydrogen-bond donors (Lipinski definition) is 1. The summed E-state index contributed by atoms with van der Waals surface area (Å²) in [5, 5.41) is 17.7. The maximum Gasteiger partial charge on any atom is 0.307 e. The first-order valence-corrected chi connectivity index (χ1v) is 4.83. The van der Waals surface area contributed by atoms with Crippen molar-refractivity contribution in [1.29, 1.82) is 5.26 Å². The fraction of sp³-hybridized carbons (Fsp3) is 0.333. The summed E-state index contributed by atoms with van der Waals surface area (Å²) in [6.45, 7) is 3.88. The van der Waals surface area contributed by atoms with E-state index in [9.17, 15) is 4.79 Å². The van der Waals surface area contributed by atoms with E-state index in [1.54, 1.807) is 6.07 Å². The summed E-state index contributed by atoms with van der Waals surface area (Å²) in [6, 6.07) is 5.71. The number of rotatable bonds is 3. The largest absolute Gasteiger partial charge is 0.481 e. The maximum absolute atomic E-state index is 10.6. The molecule has 0 aromatic heterocycles. The monoisotopic (exact) mass is 203 g/mol. The average molecular weight is 203 g/mol. The van der Waals surface area contributed by atoms with Crippen LogP contribution in [0.4, 0.5) is 0 Å². The molecule has 0 aliphatic heterocycles. The van der Waals surface area contributed by atoms with Crippen molar-refractivity contribution in [3.63, 3.8) is 0 Å². The summed E-state index contributed by atoms with van der Waals surface area (Å²) in [5.41, 5.74) is 3.11. The van der Waals surface area contributed by atoms with Crippen molar-refractivity contribution < 1.29 is 9.90 Å². The Labute approximate surface area is 89.0 Å². The zero-order valence-corrected chi connectivity index (χ0v) is 8.87. The third kappa shape index (κ3) is 2.35. The Morgan fingerprint density at radius 1 is 1.47 bits per heavy atom. The lowest BCUT2D eigenvalue weighted by atomic mass is 9.95. The van der Waals surface area contributed by atoms with Gasteiger partial charge in [-0.15, -0.1) is 0 Å². The highest BCUT2D eigenvalue weighted by molar-refractivity contribution is 5.72. The van der Waals surface area contributed by atoms with E-state index in [1.807, 2.05) is 19.9 Å². The summed E-state index contributed by atoms with van der Waals surface area (Å²) < 4.78 is 0. The van der Waals surface area contributed by atoms with Gasteiger partial charge in [-0.2, -0.15) is 5.26 Å². The van der Waals surface area contributed by atoms with Crippen molar-refractivity contribution in [3.8, 4) is 6.07 Å². The van der Waals surface area contributed by atoms with E-state index in [4.69, 9.17) is 10.4 Å². The van der Waals surface area contributed by atoms with Crippen molar-refractivity contribution in [2.75, 3.05) is 0 Å². The maximum atomic E-state index is 10.6. The van der Waals surface area contributed by atoms with Crippen LogP contribution >= 0.6 is 0 Å². The molecule has 3 heteroatoms. The number of carboxylic acids is 1. The van der Waals surface area contributed by atoms with E-state index in [2.05, 4.69) is 6.07 Å². The van der Waals surface area contributed by atoms with Gasteiger partial charge in [-0.05, 0) is 30.0 Å². The quantitative estimate of drug-likeness (QED) is 0.817. The number of aliphatic carboxylic acids is 1. The van der Waals surface area contributed by atoms with Crippen LogP contribution in [0.15, 0.2) is 12.1 Å². The fourth-order valence-electron chi connectivity index (χ4n) is 1.66. The number of nitrogens with zero attached hydrogens (tertiary/aromatic N) is 1. The molecule has 0 saturated heterocycles. The van der Waals surface area contributed by atoms with Gasteiger partial charge in [0.15, 0.2) is 0 Å². The van der Waals surface area contributed by atoms with Crippen LogP contribution in [0.3, 0.4) is 0 Å². The van der Waals surface area contributed by atoms with Crippen LogP contribution in [0, 0.1) is 18.3 Å². The molecule has 0 unspecified atom stereocenters. The normalized spacial score (nSPS) is 9.67. The van der Waals surface area contributed by atoms with Gasteiger partial charge in [-0.1, -0.05) is 19.1 Å². The van der Waals surface area contributed by atoms with Crippen LogP contribution in [0.1, 0.15) is 29.2 Å². The molecule has 1 aromatic carbocycles. The Bertz CT molecular complexity index is 430. The minimum atomic E-state index is -0.907. The predicted octanol–water partition coefficient (Wildman–Crippen LogP) is 2.06. The highest BCUT2D eigenvalue weighted by atomic mass is 16.4. The Hall–Kier alpha value is -1.82. The van der Waals surface area contributed by atoms with Crippen LogP contribution in [-0.4, -0.2) is 11.1 Å². The van der Waals surface area contributed by atoms with Crippen molar-refractivity contribution in [3.05, 3.63) is 34.4 Å². The zero-order valence-electron chi connectivity index (χ0n) is 8.87. The second-order valence-corrected chi connectivity index (χ2v) is 3.42. The molecule has 0 bridgehead atoms. The smallest absolute Gasteiger partial charge is 0.307 e. The van der Waals surface area contributed by atoms with E-state index in [1.165, 1.54) is 0 Å². The molecular weight excluding hydrogens is 190 g/mol. The first-order chi connectivity index (χ1) is 7.10. The van der Waals surface area contributed by atoms with Gasteiger partial charge >= 0.3 is 5.97 Å². The molecule has 1 rings (SSSR count). The minimum absolute atomic E-state index is 0.0896. The van der Waals surface area contributed by atoms with E-state index < -0.39 is 5.97 Å². The number of nitriles is 1. The number of aryl methyl sites for hydroxylation is 1. The number of carbonyl (C=O) groups is 1. The first-order valence-electron chi connectivity index (χ1n) is 4.83. The Morgan fingerprint density at radius 2 is 2.07 bits per heavy atom. The lowest BCUT2D eigenvalue weighted by Crippen LogP contribution is -2.04. The lowest BCUT2D eigenvalue weighted by molar-refractivity contribution is -0.136. The van der Waals surface area contributed by atoms with E-state index >= 15 is 0 Å². The van der Waals surface area contributed by atoms with Gasteiger partial charge in [0.05, 0.1) is 18.1 Å². The summed E-state index contributed by atoms with van der Waals surface area (Å²) in [6.07, 6.45) is 0.765. The minimum Gasteiger partial charge on any atom is -0.481 e. The molecule has 0 spiro atoms. The third-order valence-electron chi connectivity index (χ3n) is 2.50. The van der Waals surface area contributed by atoms with Gasteiger partial charge in [0.25, 0.3) is 0 Å². The highest BCUT2D eigenvalue weighted by Gasteiger charge is 2.11. The van der Waals surface area contributed by atoms with Crippen molar-refractivity contribution in [1.82, 2.24) is 0 Å². The van der Waals surface area contributed by atoms with Gasteiger partial charge in [0.2, 0.25) is 0 Å². The molecule has 15 heavy (non-hydrogen) atoms. The molecule has 0 aliphatic rings. The van der Waals surface area contributed by atoms with Crippen molar-refractivity contribution in [2.24, 2.45) is 0 Å². The standard InChI is InChI=1S/C12H13NO2/c1-3-9-4-5-10(6-12(14)15)11(7-13)8(9)2/h4-5H,3,6H2,1-2H3,(H,14,15). The van der Waals surface area contributed by atoms with Crippen molar-refractivity contribution in [2.45, 2.75) is 26.7 Å². The van der Waals surface area contributed by atoms with Gasteiger partial charge < -0.3 is 5.11 Å². The molecule has 0 radical (unpaired) electrons. The Balaban J connectivity index is 3.26. The second-order valence-electron chi connectivity index (χ2n) is 3.42. The van der Waals surface area contributed by atoms with E-state index in [0.29, 0.717) is 11.1 Å². The summed E-state index contributed by atoms with van der Waals surface area (Å²) in [5.74, 6) is -0.907. The number of carboxylic acid groups (broad SMARTS) is 1. The molecule has 1 N–H and O–H groups in total. The van der Waals surface area contributed by atoms with Gasteiger partial charge in [-0.3, -0.25) is 4.79 Å². The van der Waals surface area contributed by atoms with Crippen LogP contribution in [0.25, 0.3) is 0 Å². The fourth-order valence-corrected chi connectivity index (χ4v) is 1.66. The summed E-state index contributed by atoms with van der Waals surface area (Å²) in [4.78, 5) is 10.6. The van der Waals surface area contributed by atoms with Gasteiger partial charge in [0, 0.05) is 0 Å². The zero-order chi connectivity index (χ0) is 11.4. The number of benzene rings is 1. The molecule has 3 nitrogen and oxygen atoms in total. The predicted molar refractivity (Wildman–Crippen MR) is 56.6 cm³/mol. The Kier molecular flexibility index (Phi) is 3.46. The molecule has 0 amide bonds. The molecule has 78 valence electrons. The molecule has 0 aliphatic carbocycles. The van der Waals surface area contributed by atoms with Crippen molar-refractivity contribution >= 4 is 5.97 Å². The third-order valence-corrected chi connectivity index (χ3v) is 2.50. The van der Waals surface area contributed by atoms with Gasteiger partial charge in [0.1, 0.15) is 0 Å². The van der Waals surface area contributed by atoms with Crippen LogP contribution in [0.5, 0.6) is 0 Å². The molecule has 0 fully saturated rings. The van der Waals surface area contributed by atoms with E-state index in [0.717, 1.165) is 17.5 Å². The van der Waals surface area contributed by atoms with E-state index in [-0.39, 0.29) is 6.42 Å². The highest BCUT2D eigenvalue weighted by Crippen LogP contribution is 2.19. The molecule has 1 aromatic rings. The molecule has 0 heterocycles. The molecule has 0 saturated carbocycles. The van der Waals surface area contributed by atoms with Gasteiger partial charge in [-0.25, -0.2) is 0 Å². The molecule has 0 atom stereocenters. The number of hydrogen-bond acceptors (Lipinski definition) is 2. The Morgan fingerprint density at radius 3 is 2.53 bits per heavy atom. The summed E-state index contributed by atoms with van der Waals surface area (Å²) >= 11 is 0. The lowest BCUT2D eigenvalue weighted by Gasteiger charge is -2.08. The topological polar surface area (TPSA) is 61.1 Å². The first kappa shape index (κ1) is 11.3. The summed E-state index contributed by atoms with van der Waals surface area (Å²) in [7, 11) is 0. The average Bonchev–Trinajstić information content (AvgIpc) is 2.18. The SMILES string of the molecule is CCc1ccc(CC(=O)O)c(C#N)c1C.